The first-order chi connectivity index (χ1) is 13.0. The zero-order chi connectivity index (χ0) is 21.1. The lowest BCUT2D eigenvalue weighted by Crippen LogP contribution is -2.25. The molecule has 0 bridgehead atoms. The third-order valence-electron chi connectivity index (χ3n) is 4.34. The van der Waals surface area contributed by atoms with Crippen LogP contribution in [-0.4, -0.2) is 33.3 Å². The number of carbonyl (C=O) groups excluding carboxylic acids is 2. The molecule has 0 spiro atoms. The molecule has 150 valence electrons. The van der Waals surface area contributed by atoms with Gasteiger partial charge in [0.05, 0.1) is 10.5 Å². The van der Waals surface area contributed by atoms with Crippen molar-refractivity contribution in [3.8, 4) is 0 Å². The van der Waals surface area contributed by atoms with Gasteiger partial charge in [-0.3, -0.25) is 4.79 Å². The van der Waals surface area contributed by atoms with Gasteiger partial charge in [0, 0.05) is 5.56 Å². The fourth-order valence-corrected chi connectivity index (χ4v) is 3.33. The predicted octanol–water partition coefficient (Wildman–Crippen LogP) is 3.32. The first kappa shape index (κ1) is 21.8. The summed E-state index contributed by atoms with van der Waals surface area (Å²) >= 11 is 0. The number of hydrogen-bond donors (Lipinski definition) is 1. The number of benzene rings is 2. The predicted molar refractivity (Wildman–Crippen MR) is 107 cm³/mol. The van der Waals surface area contributed by atoms with Gasteiger partial charge in [0.15, 0.2) is 6.10 Å². The Morgan fingerprint density at radius 3 is 2.14 bits per heavy atom. The van der Waals surface area contributed by atoms with Crippen LogP contribution in [0.4, 0.5) is 0 Å². The molecule has 0 saturated carbocycles. The van der Waals surface area contributed by atoms with Crippen LogP contribution in [0.5, 0.6) is 0 Å². The fraction of sp³-hybridized carbons (Fsp3) is 0.333. The summed E-state index contributed by atoms with van der Waals surface area (Å²) in [5.74, 6) is -1.09. The Labute approximate surface area is 166 Å². The minimum absolute atomic E-state index is 0.0294. The minimum Gasteiger partial charge on any atom is -0.451 e. The van der Waals surface area contributed by atoms with E-state index in [1.54, 1.807) is 12.1 Å². The van der Waals surface area contributed by atoms with E-state index in [0.717, 1.165) is 5.56 Å². The van der Waals surface area contributed by atoms with Crippen molar-refractivity contribution in [3.05, 3.63) is 65.2 Å². The van der Waals surface area contributed by atoms with E-state index >= 15 is 0 Å². The normalized spacial score (nSPS) is 13.0. The molecule has 7 heteroatoms. The molecule has 0 saturated heterocycles. The molecule has 0 heterocycles. The van der Waals surface area contributed by atoms with Gasteiger partial charge in [-0.25, -0.2) is 17.9 Å². The Morgan fingerprint density at radius 1 is 1.00 bits per heavy atom. The number of hydrogen-bond acceptors (Lipinski definition) is 5. The van der Waals surface area contributed by atoms with Gasteiger partial charge in [-0.1, -0.05) is 51.1 Å². The first-order valence-corrected chi connectivity index (χ1v) is 10.3. The second kappa shape index (κ2) is 8.24. The quantitative estimate of drug-likeness (QED) is 0.590. The number of rotatable bonds is 6. The molecule has 0 amide bonds. The summed E-state index contributed by atoms with van der Waals surface area (Å²) in [7, 11) is -2.40. The molecule has 6 nitrogen and oxygen atoms in total. The lowest BCUT2D eigenvalue weighted by Gasteiger charge is -2.19. The van der Waals surface area contributed by atoms with E-state index < -0.39 is 22.1 Å². The highest BCUT2D eigenvalue weighted by Crippen LogP contribution is 2.23. The highest BCUT2D eigenvalue weighted by Gasteiger charge is 2.22. The van der Waals surface area contributed by atoms with Crippen LogP contribution in [-0.2, 0) is 20.2 Å². The molecule has 0 aliphatic rings. The maximum absolute atomic E-state index is 12.6. The summed E-state index contributed by atoms with van der Waals surface area (Å²) in [5, 5.41) is 0. The zero-order valence-electron chi connectivity index (χ0n) is 16.6. The molecule has 0 aliphatic heterocycles. The monoisotopic (exact) mass is 403 g/mol. The number of Topliss-reactive ketones (excluding diaryl/α,β-unsaturated/α-hetero) is 1. The van der Waals surface area contributed by atoms with Crippen LogP contribution < -0.4 is 4.72 Å². The van der Waals surface area contributed by atoms with Gasteiger partial charge in [-0.2, -0.15) is 0 Å². The molecule has 0 radical (unpaired) electrons. The topological polar surface area (TPSA) is 89.5 Å². The molecule has 2 rings (SSSR count). The van der Waals surface area contributed by atoms with Gasteiger partial charge >= 0.3 is 5.97 Å². The Morgan fingerprint density at radius 2 is 1.61 bits per heavy atom. The maximum Gasteiger partial charge on any atom is 0.338 e. The summed E-state index contributed by atoms with van der Waals surface area (Å²) in [4.78, 5) is 24.9. The summed E-state index contributed by atoms with van der Waals surface area (Å²) in [6.07, 6.45) is -1.00. The lowest BCUT2D eigenvalue weighted by atomic mass is 9.86. The molecular formula is C21H25NO5S. The van der Waals surface area contributed by atoms with E-state index in [0.29, 0.717) is 5.56 Å². The number of ether oxygens (including phenoxy) is 1. The Balaban J connectivity index is 2.14. The molecule has 1 atom stereocenters. The molecule has 2 aromatic carbocycles. The second-order valence-electron chi connectivity index (χ2n) is 7.47. The van der Waals surface area contributed by atoms with E-state index in [2.05, 4.69) is 25.5 Å². The molecule has 2 aromatic rings. The van der Waals surface area contributed by atoms with E-state index in [1.807, 2.05) is 12.1 Å². The van der Waals surface area contributed by atoms with Crippen molar-refractivity contribution >= 4 is 21.8 Å². The summed E-state index contributed by atoms with van der Waals surface area (Å²) in [5.41, 5.74) is 1.56. The Hall–Kier alpha value is -2.51. The molecule has 0 fully saturated rings. The van der Waals surface area contributed by atoms with Gasteiger partial charge in [0.25, 0.3) is 0 Å². The van der Waals surface area contributed by atoms with Crippen LogP contribution in [0.25, 0.3) is 0 Å². The molecule has 1 N–H and O–H groups in total. The second-order valence-corrected chi connectivity index (χ2v) is 9.36. The molecule has 0 unspecified atom stereocenters. The number of ketones is 1. The molecule has 0 aliphatic carbocycles. The summed E-state index contributed by atoms with van der Waals surface area (Å²) in [6, 6.07) is 12.7. The van der Waals surface area contributed by atoms with Crippen molar-refractivity contribution in [2.75, 3.05) is 7.05 Å². The van der Waals surface area contributed by atoms with Crippen molar-refractivity contribution in [3.63, 3.8) is 0 Å². The Kier molecular flexibility index (Phi) is 6.41. The molecular weight excluding hydrogens is 378 g/mol. The van der Waals surface area contributed by atoms with Crippen LogP contribution >= 0.6 is 0 Å². The zero-order valence-corrected chi connectivity index (χ0v) is 17.5. The van der Waals surface area contributed by atoms with Gasteiger partial charge in [0.1, 0.15) is 0 Å². The van der Waals surface area contributed by atoms with Crippen LogP contribution in [0.2, 0.25) is 0 Å². The first-order valence-electron chi connectivity index (χ1n) is 8.85. The average molecular weight is 404 g/mol. The smallest absolute Gasteiger partial charge is 0.338 e. The standard InChI is InChI=1S/C21H25NO5S/c1-14(19(23)15-9-11-17(12-10-15)21(2,3)4)27-20(24)16-7-6-8-18(13-16)28(25,26)22-5/h6-14,22H,1-5H3/t14-/m0/s1. The number of sulfonamides is 1. The largest absolute Gasteiger partial charge is 0.451 e. The van der Waals surface area contributed by atoms with Gasteiger partial charge < -0.3 is 4.74 Å². The van der Waals surface area contributed by atoms with Crippen LogP contribution in [0.15, 0.2) is 53.4 Å². The van der Waals surface area contributed by atoms with Crippen LogP contribution in [0.3, 0.4) is 0 Å². The van der Waals surface area contributed by atoms with Gasteiger partial charge in [0.2, 0.25) is 15.8 Å². The molecule has 28 heavy (non-hydrogen) atoms. The third kappa shape index (κ3) is 5.05. The number of esters is 1. The highest BCUT2D eigenvalue weighted by molar-refractivity contribution is 7.89. The minimum atomic E-state index is -3.68. The molecule has 0 aromatic heterocycles. The number of nitrogens with one attached hydrogen (secondary N) is 1. The third-order valence-corrected chi connectivity index (χ3v) is 5.75. The van der Waals surface area contributed by atoms with Crippen molar-refractivity contribution < 1.29 is 22.7 Å². The Bertz CT molecular complexity index is 973. The van der Waals surface area contributed by atoms with Crippen LogP contribution in [0, 0.1) is 0 Å². The van der Waals surface area contributed by atoms with Crippen LogP contribution in [0.1, 0.15) is 54.0 Å². The van der Waals surface area contributed by atoms with Crippen molar-refractivity contribution in [2.45, 2.75) is 44.1 Å². The van der Waals surface area contributed by atoms with Crippen molar-refractivity contribution in [2.24, 2.45) is 0 Å². The number of carbonyl (C=O) groups is 2. The van der Waals surface area contributed by atoms with Crippen molar-refractivity contribution in [1.29, 1.82) is 0 Å². The maximum atomic E-state index is 12.6. The van der Waals surface area contributed by atoms with E-state index in [9.17, 15) is 18.0 Å². The van der Waals surface area contributed by atoms with Gasteiger partial charge in [-0.05, 0) is 43.1 Å². The lowest BCUT2D eigenvalue weighted by molar-refractivity contribution is 0.0318. The van der Waals surface area contributed by atoms with E-state index in [1.165, 1.54) is 38.2 Å². The van der Waals surface area contributed by atoms with Gasteiger partial charge in [-0.15, -0.1) is 0 Å². The van der Waals surface area contributed by atoms with E-state index in [-0.39, 0.29) is 21.7 Å². The summed E-state index contributed by atoms with van der Waals surface area (Å²) in [6.45, 7) is 7.73. The van der Waals surface area contributed by atoms with E-state index in [4.69, 9.17) is 4.74 Å². The average Bonchev–Trinajstić information content (AvgIpc) is 2.66. The fourth-order valence-electron chi connectivity index (χ4n) is 2.56. The summed E-state index contributed by atoms with van der Waals surface area (Å²) < 4.78 is 31.2. The SMILES string of the molecule is CNS(=O)(=O)c1cccc(C(=O)O[C@@H](C)C(=O)c2ccc(C(C)(C)C)cc2)c1. The highest BCUT2D eigenvalue weighted by atomic mass is 32.2. The van der Waals surface area contributed by atoms with Crippen molar-refractivity contribution in [1.82, 2.24) is 4.72 Å².